The van der Waals surface area contributed by atoms with Crippen molar-refractivity contribution in [1.82, 2.24) is 0 Å². The average molecular weight is 302 g/mol. The Morgan fingerprint density at radius 2 is 1.75 bits per heavy atom. The molecule has 0 fully saturated rings. The van der Waals surface area contributed by atoms with Gasteiger partial charge in [0.15, 0.2) is 0 Å². The summed E-state index contributed by atoms with van der Waals surface area (Å²) in [5.41, 5.74) is 4.40. The summed E-state index contributed by atoms with van der Waals surface area (Å²) in [7, 11) is 0. The van der Waals surface area contributed by atoms with Crippen LogP contribution in [0.3, 0.4) is 0 Å². The average Bonchev–Trinajstić information content (AvgIpc) is 1.33. The summed E-state index contributed by atoms with van der Waals surface area (Å²) in [4.78, 5) is 9.00. The van der Waals surface area contributed by atoms with Crippen LogP contribution in [-0.2, 0) is 25.9 Å². The van der Waals surface area contributed by atoms with E-state index in [1.807, 2.05) is 0 Å². The number of carboxylic acids is 1. The van der Waals surface area contributed by atoms with E-state index in [2.05, 4.69) is 5.73 Å². The Labute approximate surface area is 62.0 Å². The molecule has 0 atom stereocenters. The number of aliphatic carboxylic acids is 1. The van der Waals surface area contributed by atoms with E-state index in [0.29, 0.717) is 0 Å². The molecule has 5 heteroatoms. The first-order chi connectivity index (χ1) is 3.15. The zero-order valence-electron chi connectivity index (χ0n) is 4.40. The van der Waals surface area contributed by atoms with Crippen LogP contribution in [0.15, 0.2) is 0 Å². The van der Waals surface area contributed by atoms with Gasteiger partial charge in [0.05, 0.1) is 6.73 Å². The van der Waals surface area contributed by atoms with Gasteiger partial charge in [-0.2, -0.15) is 0 Å². The summed E-state index contributed by atoms with van der Waals surface area (Å²) in [6.07, 6.45) is 0. The van der Waals surface area contributed by atoms with Gasteiger partial charge in [-0.3, -0.25) is 4.79 Å². The number of nitrogens with two attached hydrogens (primary N) is 1. The van der Waals surface area contributed by atoms with Crippen LogP contribution in [0.4, 0.5) is 0 Å². The third kappa shape index (κ3) is 25600. The number of aliphatic hydroxyl groups excluding tert-OH is 1. The molecule has 0 saturated heterocycles. The van der Waals surface area contributed by atoms with Gasteiger partial charge in [-0.1, -0.05) is 0 Å². The molecule has 0 bridgehead atoms. The zero-order valence-corrected chi connectivity index (χ0v) is 6.68. The van der Waals surface area contributed by atoms with Gasteiger partial charge in [0, 0.05) is 28.0 Å². The predicted octanol–water partition coefficient (Wildman–Crippen LogP) is -1.02. The number of hydrogen-bond donors (Lipinski definition) is 3. The summed E-state index contributed by atoms with van der Waals surface area (Å²) < 4.78 is 0. The quantitative estimate of drug-likeness (QED) is 0.500. The molecule has 0 heterocycles. The van der Waals surface area contributed by atoms with E-state index in [4.69, 9.17) is 15.0 Å². The van der Waals surface area contributed by atoms with Crippen molar-refractivity contribution >= 4 is 5.97 Å². The number of rotatable bonds is 0. The van der Waals surface area contributed by atoms with Crippen molar-refractivity contribution in [3.05, 3.63) is 0 Å². The fourth-order valence-corrected chi connectivity index (χ4v) is 0. The smallest absolute Gasteiger partial charge is 0.300 e. The second kappa shape index (κ2) is 15.7. The molecule has 0 saturated carbocycles. The SMILES string of the molecule is CC(=O)O.NCO.[Pt]. The van der Waals surface area contributed by atoms with Gasteiger partial charge in [-0.25, -0.2) is 0 Å². The molecule has 0 radical (unpaired) electrons. The molecule has 0 aliphatic rings. The number of carbonyl (C=O) groups is 1. The third-order valence-corrected chi connectivity index (χ3v) is 0. The van der Waals surface area contributed by atoms with E-state index in [1.165, 1.54) is 0 Å². The van der Waals surface area contributed by atoms with Crippen LogP contribution in [0.1, 0.15) is 6.92 Å². The van der Waals surface area contributed by atoms with Gasteiger partial charge in [0.2, 0.25) is 0 Å². The Morgan fingerprint density at radius 3 is 1.75 bits per heavy atom. The molecular weight excluding hydrogens is 293 g/mol. The van der Waals surface area contributed by atoms with Gasteiger partial charge in [-0.05, 0) is 0 Å². The molecule has 54 valence electrons. The van der Waals surface area contributed by atoms with Crippen molar-refractivity contribution < 1.29 is 36.1 Å². The molecule has 0 unspecified atom stereocenters. The first-order valence-corrected chi connectivity index (χ1v) is 1.65. The Bertz CT molecular complexity index is 45.8. The van der Waals surface area contributed by atoms with Crippen molar-refractivity contribution in [2.75, 3.05) is 6.73 Å². The summed E-state index contributed by atoms with van der Waals surface area (Å²) in [5.74, 6) is -0.833. The Kier molecular flexibility index (Phi) is 30.8. The van der Waals surface area contributed by atoms with Crippen molar-refractivity contribution in [2.24, 2.45) is 5.73 Å². The van der Waals surface area contributed by atoms with Crippen LogP contribution in [0, 0.1) is 0 Å². The Hall–Kier alpha value is 0.0783. The topological polar surface area (TPSA) is 83.5 Å². The molecule has 0 aliphatic heterocycles. The van der Waals surface area contributed by atoms with Gasteiger partial charge in [0.25, 0.3) is 5.97 Å². The fourth-order valence-electron chi connectivity index (χ4n) is 0. The minimum absolute atomic E-state index is 0. The van der Waals surface area contributed by atoms with E-state index in [1.54, 1.807) is 0 Å². The molecule has 0 rings (SSSR count). The van der Waals surface area contributed by atoms with Crippen LogP contribution in [0.2, 0.25) is 0 Å². The third-order valence-electron chi connectivity index (χ3n) is 0. The second-order valence-electron chi connectivity index (χ2n) is 0.702. The zero-order chi connectivity index (χ0) is 6.28. The van der Waals surface area contributed by atoms with Crippen molar-refractivity contribution in [3.8, 4) is 0 Å². The van der Waals surface area contributed by atoms with Gasteiger partial charge in [-0.15, -0.1) is 0 Å². The van der Waals surface area contributed by atoms with Gasteiger partial charge in [0.1, 0.15) is 0 Å². The molecule has 4 N–H and O–H groups in total. The van der Waals surface area contributed by atoms with Crippen LogP contribution in [-0.4, -0.2) is 22.9 Å². The molecule has 0 aliphatic carbocycles. The largest absolute Gasteiger partial charge is 0.481 e. The molecule has 0 spiro atoms. The van der Waals surface area contributed by atoms with Crippen LogP contribution in [0.5, 0.6) is 0 Å². The van der Waals surface area contributed by atoms with Crippen molar-refractivity contribution in [1.29, 1.82) is 0 Å². The first-order valence-electron chi connectivity index (χ1n) is 1.65. The molecule has 0 aromatic heterocycles. The maximum absolute atomic E-state index is 9.00. The molecule has 4 nitrogen and oxygen atoms in total. The maximum Gasteiger partial charge on any atom is 0.300 e. The van der Waals surface area contributed by atoms with Crippen LogP contribution in [0.25, 0.3) is 0 Å². The van der Waals surface area contributed by atoms with Crippen LogP contribution < -0.4 is 5.73 Å². The van der Waals surface area contributed by atoms with Crippen molar-refractivity contribution in [2.45, 2.75) is 6.92 Å². The summed E-state index contributed by atoms with van der Waals surface area (Å²) in [6.45, 7) is 0.833. The minimum atomic E-state index is -0.833. The normalized spacial score (nSPS) is 5.38. The summed E-state index contributed by atoms with van der Waals surface area (Å²) in [5, 5.41) is 14.8. The van der Waals surface area contributed by atoms with E-state index in [-0.39, 0.29) is 27.8 Å². The maximum atomic E-state index is 9.00. The number of hydrogen-bond acceptors (Lipinski definition) is 3. The summed E-state index contributed by atoms with van der Waals surface area (Å²) in [6, 6.07) is 0. The number of carboxylic acid groups (broad SMARTS) is 1. The predicted molar refractivity (Wildman–Crippen MR) is 24.6 cm³/mol. The molecule has 0 aromatic carbocycles. The first kappa shape index (κ1) is 15.7. The van der Waals surface area contributed by atoms with E-state index in [9.17, 15) is 0 Å². The van der Waals surface area contributed by atoms with E-state index < -0.39 is 5.97 Å². The monoisotopic (exact) mass is 302 g/mol. The standard InChI is InChI=1S/C2H4O2.CH5NO.Pt/c1-2(3)4;2-1-3;/h1H3,(H,3,4);3H,1-2H2;. The Balaban J connectivity index is -0.0000000575. The minimum Gasteiger partial charge on any atom is -0.481 e. The fraction of sp³-hybridized carbons (Fsp3) is 0.667. The Morgan fingerprint density at radius 1 is 1.75 bits per heavy atom. The molecule has 0 amide bonds. The van der Waals surface area contributed by atoms with E-state index in [0.717, 1.165) is 6.92 Å². The van der Waals surface area contributed by atoms with Crippen molar-refractivity contribution in [3.63, 3.8) is 0 Å². The molecule has 0 aromatic rings. The van der Waals surface area contributed by atoms with Gasteiger partial charge < -0.3 is 15.9 Å². The van der Waals surface area contributed by atoms with E-state index >= 15 is 0 Å². The molecule has 8 heavy (non-hydrogen) atoms. The van der Waals surface area contributed by atoms with Gasteiger partial charge >= 0.3 is 0 Å². The second-order valence-corrected chi connectivity index (χ2v) is 0.702. The number of aliphatic hydroxyl groups is 1. The summed E-state index contributed by atoms with van der Waals surface area (Å²) >= 11 is 0. The molecular formula is C3H9NO3Pt. The van der Waals surface area contributed by atoms with Crippen LogP contribution >= 0.6 is 0 Å².